The normalized spacial score (nSPS) is 12.7. The maximum atomic E-state index is 13.4. The highest BCUT2D eigenvalue weighted by Crippen LogP contribution is 2.32. The molecular formula is C24H20BrF3N2O5S. The minimum absolute atomic E-state index is 0.0201. The molecule has 0 fully saturated rings. The standard InChI is InChI=1S/C24H20BrF3N2O5S/c1-13-18(20(31)12-25)11-19(22(32)29-13)23(33)30-21(14-6-8-17(9-7-14)36(2,34)35)15-4-3-5-16(10-15)24(26,27)28/h3-11,21H,12H2,1-2H3,(H,29,32)(H,30,33). The molecule has 0 bridgehead atoms. The lowest BCUT2D eigenvalue weighted by Crippen LogP contribution is -2.34. The maximum Gasteiger partial charge on any atom is 0.416 e. The number of ketones is 1. The van der Waals surface area contributed by atoms with Gasteiger partial charge in [-0.25, -0.2) is 8.42 Å². The van der Waals surface area contributed by atoms with E-state index in [1.54, 1.807) is 0 Å². The van der Waals surface area contributed by atoms with Crippen molar-refractivity contribution in [3.63, 3.8) is 0 Å². The van der Waals surface area contributed by atoms with Crippen LogP contribution in [0.3, 0.4) is 0 Å². The van der Waals surface area contributed by atoms with Crippen LogP contribution in [-0.4, -0.2) is 36.7 Å². The Hall–Kier alpha value is -3.25. The van der Waals surface area contributed by atoms with Crippen LogP contribution in [0.15, 0.2) is 64.3 Å². The van der Waals surface area contributed by atoms with Gasteiger partial charge >= 0.3 is 6.18 Å². The van der Waals surface area contributed by atoms with E-state index < -0.39 is 44.6 Å². The number of aromatic amines is 1. The van der Waals surface area contributed by atoms with Gasteiger partial charge in [-0.3, -0.25) is 14.4 Å². The van der Waals surface area contributed by atoms with E-state index in [2.05, 4.69) is 26.2 Å². The molecule has 1 aromatic heterocycles. The first kappa shape index (κ1) is 27.3. The van der Waals surface area contributed by atoms with E-state index in [1.165, 1.54) is 43.3 Å². The first-order valence-electron chi connectivity index (χ1n) is 10.3. The Kier molecular flexibility index (Phi) is 7.89. The lowest BCUT2D eigenvalue weighted by molar-refractivity contribution is -0.137. The van der Waals surface area contributed by atoms with Gasteiger partial charge in [0.25, 0.3) is 11.5 Å². The second-order valence-electron chi connectivity index (χ2n) is 7.98. The molecule has 3 aromatic rings. The number of hydrogen-bond acceptors (Lipinski definition) is 5. The quantitative estimate of drug-likeness (QED) is 0.319. The minimum Gasteiger partial charge on any atom is -0.341 e. The first-order valence-corrected chi connectivity index (χ1v) is 13.3. The van der Waals surface area contributed by atoms with Crippen molar-refractivity contribution in [2.75, 3.05) is 11.6 Å². The fraction of sp³-hybridized carbons (Fsp3) is 0.208. The molecular weight excluding hydrogens is 565 g/mol. The number of nitrogens with one attached hydrogen (secondary N) is 2. The number of H-pyrrole nitrogens is 1. The first-order chi connectivity index (χ1) is 16.7. The number of hydrogen-bond donors (Lipinski definition) is 2. The number of sulfone groups is 1. The fourth-order valence-electron chi connectivity index (χ4n) is 3.52. The summed E-state index contributed by atoms with van der Waals surface area (Å²) in [4.78, 5) is 40.2. The summed E-state index contributed by atoms with van der Waals surface area (Å²) in [6.07, 6.45) is -3.65. The van der Waals surface area contributed by atoms with Crippen LogP contribution in [0.5, 0.6) is 0 Å². The zero-order chi connectivity index (χ0) is 26.8. The summed E-state index contributed by atoms with van der Waals surface area (Å²) in [7, 11) is -3.54. The molecule has 1 heterocycles. The predicted molar refractivity (Wildman–Crippen MR) is 130 cm³/mol. The van der Waals surface area contributed by atoms with Gasteiger partial charge in [0.05, 0.1) is 21.8 Å². The van der Waals surface area contributed by atoms with Crippen molar-refractivity contribution in [2.24, 2.45) is 0 Å². The van der Waals surface area contributed by atoms with Gasteiger partial charge < -0.3 is 10.3 Å². The molecule has 0 aliphatic rings. The molecule has 2 aromatic carbocycles. The minimum atomic E-state index is -4.65. The molecule has 0 spiro atoms. The molecule has 1 amide bonds. The average Bonchev–Trinajstić information content (AvgIpc) is 2.81. The number of carbonyl (C=O) groups excluding carboxylic acids is 2. The number of alkyl halides is 4. The Morgan fingerprint density at radius 2 is 1.67 bits per heavy atom. The van der Waals surface area contributed by atoms with Crippen LogP contribution in [-0.2, 0) is 16.0 Å². The third-order valence-corrected chi connectivity index (χ3v) is 7.01. The number of rotatable bonds is 7. The smallest absolute Gasteiger partial charge is 0.341 e. The second kappa shape index (κ2) is 10.4. The van der Waals surface area contributed by atoms with E-state index in [-0.39, 0.29) is 38.4 Å². The SMILES string of the molecule is Cc1[nH]c(=O)c(C(=O)NC(c2ccc(S(C)(=O)=O)cc2)c2cccc(C(F)(F)F)c2)cc1C(=O)CBr. The largest absolute Gasteiger partial charge is 0.416 e. The molecule has 190 valence electrons. The molecule has 0 saturated heterocycles. The van der Waals surface area contributed by atoms with Crippen LogP contribution in [0, 0.1) is 6.92 Å². The van der Waals surface area contributed by atoms with E-state index in [0.29, 0.717) is 0 Å². The molecule has 0 aliphatic heterocycles. The van der Waals surface area contributed by atoms with Gasteiger partial charge in [0, 0.05) is 17.5 Å². The number of pyridine rings is 1. The average molecular weight is 585 g/mol. The van der Waals surface area contributed by atoms with E-state index in [1.807, 2.05) is 0 Å². The molecule has 12 heteroatoms. The van der Waals surface area contributed by atoms with Gasteiger partial charge in [0.1, 0.15) is 5.56 Å². The number of aromatic nitrogens is 1. The van der Waals surface area contributed by atoms with Crippen molar-refractivity contribution in [3.8, 4) is 0 Å². The van der Waals surface area contributed by atoms with Gasteiger partial charge in [-0.15, -0.1) is 0 Å². The molecule has 1 atom stereocenters. The Bertz CT molecular complexity index is 1480. The molecule has 0 saturated carbocycles. The lowest BCUT2D eigenvalue weighted by Gasteiger charge is -2.21. The van der Waals surface area contributed by atoms with Gasteiger partial charge in [0.2, 0.25) is 0 Å². The topological polar surface area (TPSA) is 113 Å². The van der Waals surface area contributed by atoms with Gasteiger partial charge in [-0.05, 0) is 48.4 Å². The Morgan fingerprint density at radius 1 is 1.03 bits per heavy atom. The van der Waals surface area contributed by atoms with E-state index >= 15 is 0 Å². The zero-order valence-electron chi connectivity index (χ0n) is 18.9. The second-order valence-corrected chi connectivity index (χ2v) is 10.6. The summed E-state index contributed by atoms with van der Waals surface area (Å²) in [6, 6.07) is 9.48. The maximum absolute atomic E-state index is 13.4. The number of aryl methyl sites for hydroxylation is 1. The number of Topliss-reactive ketones (excluding diaryl/α,β-unsaturated/α-hetero) is 1. The Labute approximate surface area is 212 Å². The Balaban J connectivity index is 2.11. The summed E-state index contributed by atoms with van der Waals surface area (Å²) >= 11 is 3.03. The van der Waals surface area contributed by atoms with Crippen LogP contribution in [0.25, 0.3) is 0 Å². The number of benzene rings is 2. The van der Waals surface area contributed by atoms with Crippen LogP contribution >= 0.6 is 15.9 Å². The van der Waals surface area contributed by atoms with Crippen molar-refractivity contribution in [3.05, 3.63) is 98.5 Å². The summed E-state index contributed by atoms with van der Waals surface area (Å²) in [6.45, 7) is 1.49. The van der Waals surface area contributed by atoms with E-state index in [4.69, 9.17) is 0 Å². The van der Waals surface area contributed by atoms with Gasteiger partial charge in [-0.2, -0.15) is 13.2 Å². The van der Waals surface area contributed by atoms with Crippen LogP contribution < -0.4 is 10.9 Å². The van der Waals surface area contributed by atoms with Crippen molar-refractivity contribution >= 4 is 37.5 Å². The van der Waals surface area contributed by atoms with Crippen LogP contribution in [0.4, 0.5) is 13.2 Å². The fourth-order valence-corrected chi connectivity index (χ4v) is 4.46. The molecule has 1 unspecified atom stereocenters. The molecule has 7 nitrogen and oxygen atoms in total. The summed E-state index contributed by atoms with van der Waals surface area (Å²) in [5.41, 5.74) is -1.47. The highest BCUT2D eigenvalue weighted by molar-refractivity contribution is 9.09. The third kappa shape index (κ3) is 6.11. The van der Waals surface area contributed by atoms with Crippen molar-refractivity contribution in [1.29, 1.82) is 0 Å². The van der Waals surface area contributed by atoms with E-state index in [0.717, 1.165) is 24.5 Å². The summed E-state index contributed by atoms with van der Waals surface area (Å²) < 4.78 is 63.7. The van der Waals surface area contributed by atoms with E-state index in [9.17, 15) is 36.0 Å². The molecule has 3 rings (SSSR count). The highest BCUT2D eigenvalue weighted by Gasteiger charge is 2.31. The molecule has 0 aliphatic carbocycles. The zero-order valence-corrected chi connectivity index (χ0v) is 21.3. The highest BCUT2D eigenvalue weighted by atomic mass is 79.9. The summed E-state index contributed by atoms with van der Waals surface area (Å²) in [5, 5.41) is 2.49. The predicted octanol–water partition coefficient (Wildman–Crippen LogP) is 4.20. The molecule has 0 radical (unpaired) electrons. The third-order valence-electron chi connectivity index (χ3n) is 5.37. The number of halogens is 4. The molecule has 36 heavy (non-hydrogen) atoms. The van der Waals surface area contributed by atoms with Gasteiger partial charge in [0.15, 0.2) is 15.6 Å². The van der Waals surface area contributed by atoms with Crippen molar-refractivity contribution < 1.29 is 31.2 Å². The summed E-state index contributed by atoms with van der Waals surface area (Å²) in [5.74, 6) is -1.32. The lowest BCUT2D eigenvalue weighted by atomic mass is 9.96. The number of carbonyl (C=O) groups is 2. The van der Waals surface area contributed by atoms with Crippen LogP contribution in [0.2, 0.25) is 0 Å². The van der Waals surface area contributed by atoms with Crippen molar-refractivity contribution in [2.45, 2.75) is 24.0 Å². The van der Waals surface area contributed by atoms with Gasteiger partial charge in [-0.1, -0.05) is 40.2 Å². The number of amides is 1. The molecule has 2 N–H and O–H groups in total. The Morgan fingerprint density at radius 3 is 2.22 bits per heavy atom. The monoisotopic (exact) mass is 584 g/mol. The van der Waals surface area contributed by atoms with Crippen LogP contribution in [0.1, 0.15) is 49.1 Å². The van der Waals surface area contributed by atoms with Crippen molar-refractivity contribution in [1.82, 2.24) is 10.3 Å².